The molecule has 1 aliphatic rings. The van der Waals surface area contributed by atoms with Crippen LogP contribution in [0.3, 0.4) is 0 Å². The van der Waals surface area contributed by atoms with Gasteiger partial charge in [-0.1, -0.05) is 23.7 Å². The molecule has 0 atom stereocenters. The van der Waals surface area contributed by atoms with Gasteiger partial charge in [-0.15, -0.1) is 0 Å². The Morgan fingerprint density at radius 1 is 1.13 bits per heavy atom. The molecule has 114 valence electrons. The number of allylic oxidation sites excluding steroid dienone is 1. The number of aromatic nitrogens is 2. The quantitative estimate of drug-likeness (QED) is 0.678. The molecular formula is C18H12ClFN2O. The predicted molar refractivity (Wildman–Crippen MR) is 89.1 cm³/mol. The van der Waals surface area contributed by atoms with Gasteiger partial charge in [0, 0.05) is 11.8 Å². The zero-order chi connectivity index (χ0) is 16.0. The van der Waals surface area contributed by atoms with Crippen molar-refractivity contribution in [2.75, 3.05) is 0 Å². The number of fused-ring (bicyclic) bond motifs is 2. The van der Waals surface area contributed by atoms with Crippen molar-refractivity contribution in [2.24, 2.45) is 0 Å². The maximum Gasteiger partial charge on any atom is 0.261 e. The molecule has 1 aromatic carbocycles. The number of hydrogen-bond donors (Lipinski definition) is 0. The molecule has 5 heteroatoms. The highest BCUT2D eigenvalue weighted by atomic mass is 35.5. The summed E-state index contributed by atoms with van der Waals surface area (Å²) in [5, 5.41) is 0.501. The van der Waals surface area contributed by atoms with Crippen LogP contribution in [0, 0.1) is 5.82 Å². The first-order valence-electron chi connectivity index (χ1n) is 7.29. The van der Waals surface area contributed by atoms with Crippen molar-refractivity contribution in [1.82, 2.24) is 9.38 Å². The Labute approximate surface area is 136 Å². The van der Waals surface area contributed by atoms with Crippen molar-refractivity contribution in [1.29, 1.82) is 0 Å². The normalized spacial score (nSPS) is 15.3. The number of halogens is 2. The van der Waals surface area contributed by atoms with Crippen molar-refractivity contribution in [3.63, 3.8) is 0 Å². The van der Waals surface area contributed by atoms with Gasteiger partial charge < -0.3 is 0 Å². The van der Waals surface area contributed by atoms with Crippen LogP contribution in [0.2, 0.25) is 5.02 Å². The van der Waals surface area contributed by atoms with Gasteiger partial charge in [0.05, 0.1) is 10.7 Å². The molecule has 0 unspecified atom stereocenters. The molecule has 0 N–H and O–H groups in total. The van der Waals surface area contributed by atoms with E-state index in [2.05, 4.69) is 4.98 Å². The molecule has 0 saturated heterocycles. The first-order chi connectivity index (χ1) is 11.1. The highest BCUT2D eigenvalue weighted by Crippen LogP contribution is 2.30. The molecule has 0 amide bonds. The smallest absolute Gasteiger partial charge is 0.261 e. The minimum absolute atomic E-state index is 0.0741. The lowest BCUT2D eigenvalue weighted by atomic mass is 10.1. The minimum atomic E-state index is -0.266. The molecule has 0 bridgehead atoms. The number of rotatable bonds is 1. The molecular weight excluding hydrogens is 315 g/mol. The van der Waals surface area contributed by atoms with Crippen LogP contribution in [-0.4, -0.2) is 9.38 Å². The SMILES string of the molecule is O=c1c2c(nc3ccc(Cl)cn13)/C(=C\c1ccc(F)cc1)CC2. The van der Waals surface area contributed by atoms with Gasteiger partial charge in [0.15, 0.2) is 0 Å². The van der Waals surface area contributed by atoms with Gasteiger partial charge in [0.1, 0.15) is 11.5 Å². The maximum absolute atomic E-state index is 13.0. The minimum Gasteiger partial charge on any atom is -0.269 e. The van der Waals surface area contributed by atoms with E-state index >= 15 is 0 Å². The van der Waals surface area contributed by atoms with E-state index in [1.807, 2.05) is 6.08 Å². The van der Waals surface area contributed by atoms with Crippen LogP contribution < -0.4 is 5.56 Å². The molecule has 0 fully saturated rings. The Balaban J connectivity index is 1.88. The Morgan fingerprint density at radius 2 is 1.91 bits per heavy atom. The van der Waals surface area contributed by atoms with Crippen molar-refractivity contribution in [3.8, 4) is 0 Å². The van der Waals surface area contributed by atoms with E-state index in [0.717, 1.165) is 23.3 Å². The lowest BCUT2D eigenvalue weighted by Crippen LogP contribution is -2.19. The van der Waals surface area contributed by atoms with Gasteiger partial charge >= 0.3 is 0 Å². The second-order valence-electron chi connectivity index (χ2n) is 5.54. The fourth-order valence-corrected chi connectivity index (χ4v) is 3.08. The zero-order valence-electron chi connectivity index (χ0n) is 12.1. The second-order valence-corrected chi connectivity index (χ2v) is 5.98. The third kappa shape index (κ3) is 2.45. The Kier molecular flexibility index (Phi) is 3.27. The van der Waals surface area contributed by atoms with Gasteiger partial charge in [0.25, 0.3) is 5.56 Å². The summed E-state index contributed by atoms with van der Waals surface area (Å²) in [7, 11) is 0. The molecule has 0 aliphatic heterocycles. The molecule has 2 heterocycles. The second kappa shape index (κ2) is 5.32. The van der Waals surface area contributed by atoms with Crippen molar-refractivity contribution in [3.05, 3.63) is 80.6 Å². The summed E-state index contributed by atoms with van der Waals surface area (Å²) in [6.07, 6.45) is 4.96. The Morgan fingerprint density at radius 3 is 2.70 bits per heavy atom. The lowest BCUT2D eigenvalue weighted by Gasteiger charge is -2.05. The van der Waals surface area contributed by atoms with Gasteiger partial charge in [0.2, 0.25) is 0 Å². The number of nitrogens with zero attached hydrogens (tertiary/aromatic N) is 2. The standard InChI is InChI=1S/C18H12ClFN2O/c19-13-4-8-16-21-17-12(9-11-1-5-14(20)6-2-11)3-7-15(17)18(23)22(16)10-13/h1-2,4-6,8-10H,3,7H2/b12-9-. The lowest BCUT2D eigenvalue weighted by molar-refractivity contribution is 0.628. The van der Waals surface area contributed by atoms with E-state index in [-0.39, 0.29) is 11.4 Å². The molecule has 23 heavy (non-hydrogen) atoms. The summed E-state index contributed by atoms with van der Waals surface area (Å²) in [6.45, 7) is 0. The summed E-state index contributed by atoms with van der Waals surface area (Å²) in [5.41, 5.74) is 3.84. The van der Waals surface area contributed by atoms with E-state index < -0.39 is 0 Å². The first kappa shape index (κ1) is 14.2. The molecule has 2 aromatic heterocycles. The van der Waals surface area contributed by atoms with Crippen molar-refractivity contribution < 1.29 is 4.39 Å². The fraction of sp³-hybridized carbons (Fsp3) is 0.111. The average Bonchev–Trinajstić information content (AvgIpc) is 2.94. The van der Waals surface area contributed by atoms with E-state index in [0.29, 0.717) is 22.7 Å². The van der Waals surface area contributed by atoms with E-state index in [4.69, 9.17) is 11.6 Å². The molecule has 4 rings (SSSR count). The first-order valence-corrected chi connectivity index (χ1v) is 7.67. The van der Waals surface area contributed by atoms with Crippen LogP contribution in [0.5, 0.6) is 0 Å². The van der Waals surface area contributed by atoms with Gasteiger partial charge in [-0.05, 0) is 54.3 Å². The number of hydrogen-bond acceptors (Lipinski definition) is 2. The average molecular weight is 327 g/mol. The summed E-state index contributed by atoms with van der Waals surface area (Å²) in [6, 6.07) is 9.73. The fourth-order valence-electron chi connectivity index (χ4n) is 2.92. The highest BCUT2D eigenvalue weighted by Gasteiger charge is 2.22. The largest absolute Gasteiger partial charge is 0.269 e. The molecule has 0 radical (unpaired) electrons. The monoisotopic (exact) mass is 326 g/mol. The van der Waals surface area contributed by atoms with Crippen LogP contribution >= 0.6 is 11.6 Å². The van der Waals surface area contributed by atoms with E-state index in [9.17, 15) is 9.18 Å². The Bertz CT molecular complexity index is 1010. The zero-order valence-corrected chi connectivity index (χ0v) is 12.8. The van der Waals surface area contributed by atoms with Gasteiger partial charge in [-0.3, -0.25) is 9.20 Å². The topological polar surface area (TPSA) is 34.4 Å². The summed E-state index contributed by atoms with van der Waals surface area (Å²) < 4.78 is 14.5. The maximum atomic E-state index is 13.0. The van der Waals surface area contributed by atoms with Crippen LogP contribution in [0.15, 0.2) is 47.4 Å². The molecule has 0 saturated carbocycles. The Hall–Kier alpha value is -2.46. The van der Waals surface area contributed by atoms with Gasteiger partial charge in [-0.25, -0.2) is 9.37 Å². The van der Waals surface area contributed by atoms with Crippen LogP contribution in [0.1, 0.15) is 23.2 Å². The summed E-state index contributed by atoms with van der Waals surface area (Å²) in [4.78, 5) is 17.2. The number of pyridine rings is 1. The number of benzene rings is 1. The van der Waals surface area contributed by atoms with E-state index in [1.54, 1.807) is 30.5 Å². The van der Waals surface area contributed by atoms with Crippen molar-refractivity contribution >= 4 is 28.9 Å². The third-order valence-electron chi connectivity index (χ3n) is 4.04. The summed E-state index contributed by atoms with van der Waals surface area (Å²) in [5.74, 6) is -0.266. The molecule has 1 aliphatic carbocycles. The summed E-state index contributed by atoms with van der Waals surface area (Å²) >= 11 is 5.96. The predicted octanol–water partition coefficient (Wildman–Crippen LogP) is 3.97. The molecule has 0 spiro atoms. The highest BCUT2D eigenvalue weighted by molar-refractivity contribution is 6.30. The molecule has 3 aromatic rings. The molecule has 3 nitrogen and oxygen atoms in total. The van der Waals surface area contributed by atoms with E-state index in [1.165, 1.54) is 16.5 Å². The van der Waals surface area contributed by atoms with Crippen LogP contribution in [-0.2, 0) is 6.42 Å². The van der Waals surface area contributed by atoms with Crippen molar-refractivity contribution in [2.45, 2.75) is 12.8 Å². The van der Waals surface area contributed by atoms with Gasteiger partial charge in [-0.2, -0.15) is 0 Å². The third-order valence-corrected chi connectivity index (χ3v) is 4.26. The van der Waals surface area contributed by atoms with Crippen LogP contribution in [0.25, 0.3) is 17.3 Å². The van der Waals surface area contributed by atoms with Crippen LogP contribution in [0.4, 0.5) is 4.39 Å².